The molecule has 0 radical (unpaired) electrons. The summed E-state index contributed by atoms with van der Waals surface area (Å²) in [7, 11) is 0. The molecule has 2 aliphatic rings. The van der Waals surface area contributed by atoms with Crippen LogP contribution in [0.15, 0.2) is 24.4 Å². The highest BCUT2D eigenvalue weighted by molar-refractivity contribution is 7.15. The number of aliphatic carboxylic acids is 2. The maximum absolute atomic E-state index is 12.5. The Morgan fingerprint density at radius 1 is 1.13 bits per heavy atom. The van der Waals surface area contributed by atoms with Gasteiger partial charge in [0.15, 0.2) is 0 Å². The Balaban J connectivity index is 0.000000317. The van der Waals surface area contributed by atoms with E-state index in [4.69, 9.17) is 24.5 Å². The molecule has 4 heterocycles. The molecule has 2 aliphatic heterocycles. The third kappa shape index (κ3) is 9.61. The number of pyridine rings is 1. The Bertz CT molecular complexity index is 1110. The minimum atomic E-state index is -5.08. The van der Waals surface area contributed by atoms with E-state index in [-0.39, 0.29) is 11.3 Å². The van der Waals surface area contributed by atoms with E-state index in [1.807, 2.05) is 25.1 Å². The lowest BCUT2D eigenvalue weighted by Crippen LogP contribution is -2.37. The van der Waals surface area contributed by atoms with Crippen molar-refractivity contribution < 1.29 is 55.7 Å². The van der Waals surface area contributed by atoms with Crippen LogP contribution in [0.2, 0.25) is 0 Å². The Hall–Kier alpha value is -3.54. The number of nitrogens with zero attached hydrogens (tertiary/aromatic N) is 4. The van der Waals surface area contributed by atoms with Crippen LogP contribution in [-0.2, 0) is 25.7 Å². The summed E-state index contributed by atoms with van der Waals surface area (Å²) in [6.07, 6.45) is -7.96. The SMILES string of the molecule is Cc1nnc(N2C[C@@H]3COC[C@]3(CC(=O)NCc3ccccn3)C2)s1.O=C(O)C(F)(F)F.O=C(O)C(F)(F)F. The van der Waals surface area contributed by atoms with E-state index in [0.29, 0.717) is 32.1 Å². The lowest BCUT2D eigenvalue weighted by molar-refractivity contribution is -0.193. The van der Waals surface area contributed by atoms with Gasteiger partial charge in [0.25, 0.3) is 0 Å². The molecule has 3 N–H and O–H groups in total. The van der Waals surface area contributed by atoms with Crippen LogP contribution >= 0.6 is 11.3 Å². The zero-order chi connectivity index (χ0) is 29.4. The number of carbonyl (C=O) groups is 3. The van der Waals surface area contributed by atoms with Gasteiger partial charge in [-0.3, -0.25) is 9.78 Å². The van der Waals surface area contributed by atoms with Crippen LogP contribution < -0.4 is 10.2 Å². The first kappa shape index (κ1) is 31.7. The van der Waals surface area contributed by atoms with Crippen molar-refractivity contribution in [3.05, 3.63) is 35.1 Å². The number of carbonyl (C=O) groups excluding carboxylic acids is 1. The van der Waals surface area contributed by atoms with Crippen LogP contribution in [-0.4, -0.2) is 81.9 Å². The fraction of sp³-hybridized carbons (Fsp3) is 0.524. The number of fused-ring (bicyclic) bond motifs is 1. The first-order valence-electron chi connectivity index (χ1n) is 10.9. The quantitative estimate of drug-likeness (QED) is 0.445. The molecule has 0 aromatic carbocycles. The van der Waals surface area contributed by atoms with E-state index in [1.54, 1.807) is 17.5 Å². The summed E-state index contributed by atoms with van der Waals surface area (Å²) in [6, 6.07) is 5.70. The summed E-state index contributed by atoms with van der Waals surface area (Å²) >= 11 is 1.60. The molecule has 216 valence electrons. The summed E-state index contributed by atoms with van der Waals surface area (Å²) < 4.78 is 69.2. The van der Waals surface area contributed by atoms with Crippen molar-refractivity contribution >= 4 is 34.3 Å². The fourth-order valence-electron chi connectivity index (χ4n) is 3.72. The van der Waals surface area contributed by atoms with Gasteiger partial charge >= 0.3 is 24.3 Å². The van der Waals surface area contributed by atoms with Crippen molar-refractivity contribution in [3.63, 3.8) is 0 Å². The number of hydrogen-bond acceptors (Lipinski definition) is 9. The molecule has 0 unspecified atom stereocenters. The predicted octanol–water partition coefficient (Wildman–Crippen LogP) is 2.67. The maximum Gasteiger partial charge on any atom is 0.490 e. The highest BCUT2D eigenvalue weighted by Crippen LogP contribution is 2.45. The Kier molecular flexibility index (Phi) is 10.6. The average Bonchev–Trinajstić information content (AvgIpc) is 3.52. The largest absolute Gasteiger partial charge is 0.490 e. The molecular weight excluding hydrogens is 564 g/mol. The molecule has 18 heteroatoms. The Morgan fingerprint density at radius 2 is 1.74 bits per heavy atom. The molecule has 2 fully saturated rings. The van der Waals surface area contributed by atoms with E-state index < -0.39 is 24.3 Å². The van der Waals surface area contributed by atoms with Gasteiger partial charge in [-0.05, 0) is 19.1 Å². The van der Waals surface area contributed by atoms with Crippen LogP contribution in [0.5, 0.6) is 0 Å². The number of anilines is 1. The number of halogens is 6. The number of aromatic nitrogens is 3. The first-order valence-corrected chi connectivity index (χ1v) is 11.7. The van der Waals surface area contributed by atoms with Gasteiger partial charge in [0.1, 0.15) is 5.01 Å². The zero-order valence-corrected chi connectivity index (χ0v) is 20.9. The predicted molar refractivity (Wildman–Crippen MR) is 122 cm³/mol. The average molecular weight is 587 g/mol. The van der Waals surface area contributed by atoms with E-state index >= 15 is 0 Å². The second-order valence-corrected chi connectivity index (χ2v) is 9.60. The van der Waals surface area contributed by atoms with Crippen molar-refractivity contribution in [2.75, 3.05) is 31.2 Å². The maximum atomic E-state index is 12.5. The molecule has 2 atom stereocenters. The molecule has 0 bridgehead atoms. The van der Waals surface area contributed by atoms with Gasteiger partial charge in [0.05, 0.1) is 25.5 Å². The highest BCUT2D eigenvalue weighted by atomic mass is 32.1. The molecule has 2 aromatic rings. The third-order valence-corrected chi connectivity index (χ3v) is 6.40. The smallest absolute Gasteiger partial charge is 0.475 e. The van der Waals surface area contributed by atoms with Gasteiger partial charge in [-0.1, -0.05) is 17.4 Å². The van der Waals surface area contributed by atoms with Crippen LogP contribution in [0.1, 0.15) is 17.1 Å². The molecule has 0 saturated carbocycles. The monoisotopic (exact) mass is 587 g/mol. The molecule has 11 nitrogen and oxygen atoms in total. The number of alkyl halides is 6. The van der Waals surface area contributed by atoms with Crippen molar-refractivity contribution in [1.82, 2.24) is 20.5 Å². The standard InChI is InChI=1S/C17H21N5O2S.2C2HF3O2/c1-12-20-21-16(25-12)22-8-13-9-24-11-17(13,10-22)6-15(23)19-7-14-4-2-3-5-18-14;2*3-2(4,5)1(6)7/h2-5,13H,6-11H2,1H3,(H,19,23);2*(H,6,7)/t13-,17+;;/m1../s1. The molecule has 2 aromatic heterocycles. The topological polar surface area (TPSA) is 155 Å². The lowest BCUT2D eigenvalue weighted by Gasteiger charge is -2.26. The Morgan fingerprint density at radius 3 is 2.23 bits per heavy atom. The van der Waals surface area contributed by atoms with Gasteiger partial charge in [0.2, 0.25) is 11.0 Å². The lowest BCUT2D eigenvalue weighted by atomic mass is 9.78. The summed E-state index contributed by atoms with van der Waals surface area (Å²) in [5.41, 5.74) is 0.735. The molecule has 1 amide bonds. The number of aryl methyl sites for hydroxylation is 1. The number of amides is 1. The van der Waals surface area contributed by atoms with E-state index in [1.165, 1.54) is 0 Å². The van der Waals surface area contributed by atoms with Crippen LogP contribution in [0, 0.1) is 18.3 Å². The van der Waals surface area contributed by atoms with Crippen LogP contribution in [0.25, 0.3) is 0 Å². The van der Waals surface area contributed by atoms with Crippen LogP contribution in [0.4, 0.5) is 31.5 Å². The van der Waals surface area contributed by atoms with E-state index in [2.05, 4.69) is 25.4 Å². The fourth-order valence-corrected chi connectivity index (χ4v) is 4.41. The minimum absolute atomic E-state index is 0.0523. The number of carboxylic acids is 2. The second kappa shape index (κ2) is 13.0. The molecule has 0 spiro atoms. The zero-order valence-electron chi connectivity index (χ0n) is 20.1. The summed E-state index contributed by atoms with van der Waals surface area (Å²) in [6.45, 7) is 5.43. The summed E-state index contributed by atoms with van der Waals surface area (Å²) in [5.74, 6) is -5.10. The van der Waals surface area contributed by atoms with Gasteiger partial charge in [0, 0.05) is 37.0 Å². The van der Waals surface area contributed by atoms with Crippen molar-refractivity contribution in [2.45, 2.75) is 32.2 Å². The number of hydrogen-bond donors (Lipinski definition) is 3. The molecule has 2 saturated heterocycles. The normalized spacial score (nSPS) is 20.2. The van der Waals surface area contributed by atoms with Gasteiger partial charge < -0.3 is 25.2 Å². The second-order valence-electron chi connectivity index (χ2n) is 8.44. The highest BCUT2D eigenvalue weighted by Gasteiger charge is 2.52. The summed E-state index contributed by atoms with van der Waals surface area (Å²) in [4.78, 5) is 36.8. The minimum Gasteiger partial charge on any atom is -0.475 e. The first-order chi connectivity index (χ1) is 18.0. The molecular formula is C21H23F6N5O6S. The third-order valence-electron chi connectivity index (χ3n) is 5.50. The molecule has 39 heavy (non-hydrogen) atoms. The number of carboxylic acid groups (broad SMARTS) is 2. The van der Waals surface area contributed by atoms with Gasteiger partial charge in [-0.15, -0.1) is 10.2 Å². The van der Waals surface area contributed by atoms with E-state index in [0.717, 1.165) is 28.9 Å². The van der Waals surface area contributed by atoms with Gasteiger partial charge in [-0.2, -0.15) is 26.3 Å². The molecule has 4 rings (SSSR count). The van der Waals surface area contributed by atoms with Crippen molar-refractivity contribution in [1.29, 1.82) is 0 Å². The number of nitrogens with one attached hydrogen (secondary N) is 1. The van der Waals surface area contributed by atoms with Crippen LogP contribution in [0.3, 0.4) is 0 Å². The summed E-state index contributed by atoms with van der Waals surface area (Å²) in [5, 5.41) is 27.5. The van der Waals surface area contributed by atoms with Crippen molar-refractivity contribution in [2.24, 2.45) is 11.3 Å². The number of ether oxygens (including phenoxy) is 1. The Labute approximate surface area is 220 Å². The van der Waals surface area contributed by atoms with Gasteiger partial charge in [-0.25, -0.2) is 9.59 Å². The van der Waals surface area contributed by atoms with E-state index in [9.17, 15) is 31.1 Å². The number of rotatable bonds is 5. The van der Waals surface area contributed by atoms with Crippen molar-refractivity contribution in [3.8, 4) is 0 Å². The molecule has 0 aliphatic carbocycles.